The molecule has 0 aromatic carbocycles. The van der Waals surface area contributed by atoms with E-state index in [1.165, 1.54) is 38.5 Å². The van der Waals surface area contributed by atoms with Crippen molar-refractivity contribution in [3.8, 4) is 0 Å². The van der Waals surface area contributed by atoms with Gasteiger partial charge in [0, 0.05) is 6.04 Å². The molecule has 1 saturated carbocycles. The van der Waals surface area contributed by atoms with E-state index in [0.29, 0.717) is 5.92 Å². The smallest absolute Gasteiger partial charge is 0.304 e. The Labute approximate surface area is 98.4 Å². The second-order valence-electron chi connectivity index (χ2n) is 5.32. The molecule has 2 atom stereocenters. The van der Waals surface area contributed by atoms with E-state index in [1.807, 2.05) is 0 Å². The Kier molecular flexibility index (Phi) is 5.81. The largest absolute Gasteiger partial charge is 0.481 e. The third-order valence-electron chi connectivity index (χ3n) is 3.89. The molecule has 0 aliphatic heterocycles. The van der Waals surface area contributed by atoms with Gasteiger partial charge in [-0.3, -0.25) is 4.79 Å². The van der Waals surface area contributed by atoms with Crippen LogP contribution < -0.4 is 5.73 Å². The lowest BCUT2D eigenvalue weighted by atomic mass is 9.91. The van der Waals surface area contributed by atoms with Crippen LogP contribution in [0.4, 0.5) is 0 Å². The molecule has 3 nitrogen and oxygen atoms in total. The molecule has 3 heteroatoms. The summed E-state index contributed by atoms with van der Waals surface area (Å²) in [5.74, 6) is 0.482. The summed E-state index contributed by atoms with van der Waals surface area (Å²) < 4.78 is 0. The van der Waals surface area contributed by atoms with Gasteiger partial charge < -0.3 is 10.8 Å². The van der Waals surface area contributed by atoms with E-state index in [4.69, 9.17) is 10.8 Å². The van der Waals surface area contributed by atoms with Crippen LogP contribution in [0.15, 0.2) is 0 Å². The van der Waals surface area contributed by atoms with Crippen molar-refractivity contribution in [3.05, 3.63) is 0 Å². The highest BCUT2D eigenvalue weighted by Crippen LogP contribution is 2.29. The highest BCUT2D eigenvalue weighted by molar-refractivity contribution is 5.67. The molecule has 0 radical (unpaired) electrons. The Morgan fingerprint density at radius 2 is 2.06 bits per heavy atom. The third kappa shape index (κ3) is 4.97. The average molecular weight is 227 g/mol. The average Bonchev–Trinajstić information content (AvgIpc) is 2.69. The van der Waals surface area contributed by atoms with Crippen molar-refractivity contribution in [2.45, 2.75) is 64.3 Å². The molecule has 1 fully saturated rings. The zero-order valence-corrected chi connectivity index (χ0v) is 10.3. The first-order chi connectivity index (χ1) is 7.59. The van der Waals surface area contributed by atoms with Gasteiger partial charge >= 0.3 is 5.97 Å². The van der Waals surface area contributed by atoms with Gasteiger partial charge in [-0.15, -0.1) is 0 Å². The predicted octanol–water partition coefficient (Wildman–Crippen LogP) is 2.79. The summed E-state index contributed by atoms with van der Waals surface area (Å²) in [5.41, 5.74) is 5.83. The predicted molar refractivity (Wildman–Crippen MR) is 65.2 cm³/mol. The SMILES string of the molecule is C[C@@H](CCCC1CCCC1)[C@H](N)CC(=O)O. The van der Waals surface area contributed by atoms with Crippen LogP contribution in [0.25, 0.3) is 0 Å². The van der Waals surface area contributed by atoms with Crippen molar-refractivity contribution in [1.29, 1.82) is 0 Å². The fourth-order valence-electron chi connectivity index (χ4n) is 2.64. The van der Waals surface area contributed by atoms with Crippen molar-refractivity contribution < 1.29 is 9.90 Å². The normalized spacial score (nSPS) is 20.9. The van der Waals surface area contributed by atoms with Crippen LogP contribution in [-0.2, 0) is 4.79 Å². The number of hydrogen-bond acceptors (Lipinski definition) is 2. The topological polar surface area (TPSA) is 63.3 Å². The van der Waals surface area contributed by atoms with Gasteiger partial charge in [0.15, 0.2) is 0 Å². The highest BCUT2D eigenvalue weighted by atomic mass is 16.4. The quantitative estimate of drug-likeness (QED) is 0.703. The van der Waals surface area contributed by atoms with E-state index in [0.717, 1.165) is 12.3 Å². The summed E-state index contributed by atoms with van der Waals surface area (Å²) in [5, 5.41) is 8.65. The molecule has 1 rings (SSSR count). The number of carboxylic acid groups (broad SMARTS) is 1. The van der Waals surface area contributed by atoms with Gasteiger partial charge in [0.25, 0.3) is 0 Å². The first-order valence-corrected chi connectivity index (χ1v) is 6.57. The van der Waals surface area contributed by atoms with Crippen LogP contribution in [0.1, 0.15) is 58.3 Å². The van der Waals surface area contributed by atoms with E-state index >= 15 is 0 Å². The molecule has 0 aromatic heterocycles. The molecule has 0 heterocycles. The summed E-state index contributed by atoms with van der Waals surface area (Å²) in [6.45, 7) is 2.07. The molecular formula is C13H25NO2. The Morgan fingerprint density at radius 3 is 2.62 bits per heavy atom. The van der Waals surface area contributed by atoms with Crippen LogP contribution in [0, 0.1) is 11.8 Å². The van der Waals surface area contributed by atoms with Crippen LogP contribution in [0.3, 0.4) is 0 Å². The summed E-state index contributed by atoms with van der Waals surface area (Å²) >= 11 is 0. The number of aliphatic carboxylic acids is 1. The number of nitrogens with two attached hydrogens (primary N) is 1. The van der Waals surface area contributed by atoms with E-state index in [1.54, 1.807) is 0 Å². The molecule has 0 bridgehead atoms. The molecule has 16 heavy (non-hydrogen) atoms. The van der Waals surface area contributed by atoms with Gasteiger partial charge in [-0.2, -0.15) is 0 Å². The summed E-state index contributed by atoms with van der Waals surface area (Å²) in [6.07, 6.45) is 9.29. The van der Waals surface area contributed by atoms with Gasteiger partial charge in [-0.25, -0.2) is 0 Å². The molecule has 1 aliphatic rings. The second-order valence-corrected chi connectivity index (χ2v) is 5.32. The first-order valence-electron chi connectivity index (χ1n) is 6.57. The Balaban J connectivity index is 2.08. The Bertz CT molecular complexity index is 212. The van der Waals surface area contributed by atoms with Crippen LogP contribution >= 0.6 is 0 Å². The van der Waals surface area contributed by atoms with Crippen LogP contribution in [0.2, 0.25) is 0 Å². The maximum absolute atomic E-state index is 10.5. The Morgan fingerprint density at radius 1 is 1.44 bits per heavy atom. The molecular weight excluding hydrogens is 202 g/mol. The summed E-state index contributed by atoms with van der Waals surface area (Å²) in [6, 6.07) is -0.180. The maximum Gasteiger partial charge on any atom is 0.304 e. The molecule has 3 N–H and O–H groups in total. The molecule has 94 valence electrons. The summed E-state index contributed by atoms with van der Waals surface area (Å²) in [7, 11) is 0. The third-order valence-corrected chi connectivity index (χ3v) is 3.89. The second kappa shape index (κ2) is 6.89. The fraction of sp³-hybridized carbons (Fsp3) is 0.923. The van der Waals surface area contributed by atoms with Gasteiger partial charge in [0.1, 0.15) is 0 Å². The minimum atomic E-state index is -0.782. The molecule has 0 saturated heterocycles. The molecule has 0 spiro atoms. The van der Waals surface area contributed by atoms with E-state index in [2.05, 4.69) is 6.92 Å². The highest BCUT2D eigenvalue weighted by Gasteiger charge is 2.18. The lowest BCUT2D eigenvalue weighted by Crippen LogP contribution is -2.30. The van der Waals surface area contributed by atoms with Crippen molar-refractivity contribution in [1.82, 2.24) is 0 Å². The van der Waals surface area contributed by atoms with Gasteiger partial charge in [-0.05, 0) is 18.3 Å². The molecule has 0 amide bonds. The number of carboxylic acids is 1. The minimum absolute atomic E-state index is 0.102. The molecule has 0 unspecified atom stereocenters. The number of rotatable bonds is 7. The van der Waals surface area contributed by atoms with E-state index in [-0.39, 0.29) is 12.5 Å². The molecule has 0 aromatic rings. The van der Waals surface area contributed by atoms with Gasteiger partial charge in [-0.1, -0.05) is 45.4 Å². The zero-order chi connectivity index (χ0) is 12.0. The van der Waals surface area contributed by atoms with E-state index < -0.39 is 5.97 Å². The van der Waals surface area contributed by atoms with Gasteiger partial charge in [0.2, 0.25) is 0 Å². The Hall–Kier alpha value is -0.570. The van der Waals surface area contributed by atoms with Crippen molar-refractivity contribution in [2.75, 3.05) is 0 Å². The monoisotopic (exact) mass is 227 g/mol. The lowest BCUT2D eigenvalue weighted by Gasteiger charge is -2.18. The maximum atomic E-state index is 10.5. The summed E-state index contributed by atoms with van der Waals surface area (Å²) in [4.78, 5) is 10.5. The number of hydrogen-bond donors (Lipinski definition) is 2. The lowest BCUT2D eigenvalue weighted by molar-refractivity contribution is -0.137. The van der Waals surface area contributed by atoms with E-state index in [9.17, 15) is 4.79 Å². The van der Waals surface area contributed by atoms with Crippen molar-refractivity contribution in [3.63, 3.8) is 0 Å². The fourth-order valence-corrected chi connectivity index (χ4v) is 2.64. The number of carbonyl (C=O) groups is 1. The van der Waals surface area contributed by atoms with Gasteiger partial charge in [0.05, 0.1) is 6.42 Å². The minimum Gasteiger partial charge on any atom is -0.481 e. The standard InChI is InChI=1S/C13H25NO2/c1-10(12(14)9-13(15)16)5-4-8-11-6-2-3-7-11/h10-12H,2-9,14H2,1H3,(H,15,16)/t10-,12+/m0/s1. The zero-order valence-electron chi connectivity index (χ0n) is 10.3. The van der Waals surface area contributed by atoms with Crippen molar-refractivity contribution in [2.24, 2.45) is 17.6 Å². The van der Waals surface area contributed by atoms with Crippen molar-refractivity contribution >= 4 is 5.97 Å². The molecule has 1 aliphatic carbocycles. The van der Waals surface area contributed by atoms with Crippen LogP contribution in [-0.4, -0.2) is 17.1 Å². The van der Waals surface area contributed by atoms with Crippen LogP contribution in [0.5, 0.6) is 0 Å². The first kappa shape index (κ1) is 13.5.